The monoisotopic (exact) mass is 302 g/mol. The SMILES string of the molecule is COc1cc(CNC2CCCCC2)ccc1N1CCCCC1. The molecule has 22 heavy (non-hydrogen) atoms. The van der Waals surface area contributed by atoms with E-state index < -0.39 is 0 Å². The number of rotatable bonds is 5. The number of nitrogens with zero attached hydrogens (tertiary/aromatic N) is 1. The van der Waals surface area contributed by atoms with Gasteiger partial charge >= 0.3 is 0 Å². The Hall–Kier alpha value is -1.22. The highest BCUT2D eigenvalue weighted by molar-refractivity contribution is 5.60. The lowest BCUT2D eigenvalue weighted by molar-refractivity contribution is 0.371. The van der Waals surface area contributed by atoms with E-state index in [1.807, 2.05) is 0 Å². The fraction of sp³-hybridized carbons (Fsp3) is 0.684. The van der Waals surface area contributed by atoms with Crippen LogP contribution in [0.5, 0.6) is 5.75 Å². The molecule has 1 N–H and O–H groups in total. The van der Waals surface area contributed by atoms with E-state index in [0.29, 0.717) is 6.04 Å². The van der Waals surface area contributed by atoms with E-state index in [0.717, 1.165) is 25.4 Å². The molecule has 0 spiro atoms. The zero-order chi connectivity index (χ0) is 15.2. The summed E-state index contributed by atoms with van der Waals surface area (Å²) >= 11 is 0. The third-order valence-corrected chi connectivity index (χ3v) is 5.14. The smallest absolute Gasteiger partial charge is 0.142 e. The van der Waals surface area contributed by atoms with Gasteiger partial charge in [0.2, 0.25) is 0 Å². The van der Waals surface area contributed by atoms with E-state index >= 15 is 0 Å². The normalized spacial score (nSPS) is 20.1. The molecule has 2 fully saturated rings. The zero-order valence-electron chi connectivity index (χ0n) is 13.9. The summed E-state index contributed by atoms with van der Waals surface area (Å²) in [4.78, 5) is 2.47. The van der Waals surface area contributed by atoms with Gasteiger partial charge in [-0.05, 0) is 49.8 Å². The molecule has 0 aromatic heterocycles. The van der Waals surface area contributed by atoms with Gasteiger partial charge in [0.05, 0.1) is 12.8 Å². The van der Waals surface area contributed by atoms with Crippen molar-refractivity contribution in [2.75, 3.05) is 25.1 Å². The standard InChI is InChI=1S/C19H30N2O/c1-22-19-14-16(15-20-17-8-4-2-5-9-17)10-11-18(19)21-12-6-3-7-13-21/h10-11,14,17,20H,2-9,12-13,15H2,1H3. The molecule has 3 heteroatoms. The minimum atomic E-state index is 0.710. The predicted octanol–water partition coefficient (Wildman–Crippen LogP) is 4.11. The summed E-state index contributed by atoms with van der Waals surface area (Å²) in [5.41, 5.74) is 2.60. The molecule has 0 amide bonds. The summed E-state index contributed by atoms with van der Waals surface area (Å²) < 4.78 is 5.66. The maximum atomic E-state index is 5.66. The van der Waals surface area contributed by atoms with Crippen molar-refractivity contribution in [2.45, 2.75) is 64.0 Å². The molecule has 0 atom stereocenters. The molecule has 1 aliphatic heterocycles. The topological polar surface area (TPSA) is 24.5 Å². The Kier molecular flexibility index (Phi) is 5.60. The van der Waals surface area contributed by atoms with Gasteiger partial charge in [-0.3, -0.25) is 0 Å². The average Bonchev–Trinajstić information content (AvgIpc) is 2.61. The fourth-order valence-electron chi connectivity index (χ4n) is 3.80. The van der Waals surface area contributed by atoms with Crippen LogP contribution >= 0.6 is 0 Å². The largest absolute Gasteiger partial charge is 0.495 e. The van der Waals surface area contributed by atoms with Crippen LogP contribution in [0.15, 0.2) is 18.2 Å². The van der Waals surface area contributed by atoms with Gasteiger partial charge in [-0.1, -0.05) is 25.3 Å². The third-order valence-electron chi connectivity index (χ3n) is 5.14. The summed E-state index contributed by atoms with van der Waals surface area (Å²) in [5, 5.41) is 3.72. The maximum Gasteiger partial charge on any atom is 0.142 e. The van der Waals surface area contributed by atoms with Crippen molar-refractivity contribution in [2.24, 2.45) is 0 Å². The van der Waals surface area contributed by atoms with Crippen molar-refractivity contribution in [3.63, 3.8) is 0 Å². The molecule has 1 saturated carbocycles. The first-order valence-corrected chi connectivity index (χ1v) is 9.02. The summed E-state index contributed by atoms with van der Waals surface area (Å²) in [6.07, 6.45) is 10.8. The molecule has 1 aliphatic carbocycles. The first kappa shape index (κ1) is 15.7. The number of ether oxygens (including phenoxy) is 1. The van der Waals surface area contributed by atoms with Crippen LogP contribution in [0.4, 0.5) is 5.69 Å². The Morgan fingerprint density at radius 2 is 1.77 bits per heavy atom. The Bertz CT molecular complexity index is 463. The lowest BCUT2D eigenvalue weighted by Gasteiger charge is -2.30. The molecule has 1 heterocycles. The zero-order valence-corrected chi connectivity index (χ0v) is 13.9. The molecule has 0 unspecified atom stereocenters. The van der Waals surface area contributed by atoms with Gasteiger partial charge in [0.1, 0.15) is 5.75 Å². The molecule has 1 saturated heterocycles. The van der Waals surface area contributed by atoms with Crippen LogP contribution < -0.4 is 15.0 Å². The number of piperidine rings is 1. The van der Waals surface area contributed by atoms with Crippen LogP contribution in [0.25, 0.3) is 0 Å². The van der Waals surface area contributed by atoms with Gasteiger partial charge in [-0.2, -0.15) is 0 Å². The van der Waals surface area contributed by atoms with E-state index in [1.54, 1.807) is 7.11 Å². The van der Waals surface area contributed by atoms with Crippen molar-refractivity contribution in [1.82, 2.24) is 5.32 Å². The second-order valence-electron chi connectivity index (χ2n) is 6.77. The van der Waals surface area contributed by atoms with Crippen LogP contribution in [0.3, 0.4) is 0 Å². The summed E-state index contributed by atoms with van der Waals surface area (Å²) in [5.74, 6) is 1.03. The van der Waals surface area contributed by atoms with Crippen LogP contribution in [0.1, 0.15) is 56.9 Å². The maximum absolute atomic E-state index is 5.66. The first-order valence-electron chi connectivity index (χ1n) is 9.02. The first-order chi connectivity index (χ1) is 10.9. The van der Waals surface area contributed by atoms with Crippen molar-refractivity contribution in [3.05, 3.63) is 23.8 Å². The highest BCUT2D eigenvalue weighted by Gasteiger charge is 2.16. The van der Waals surface area contributed by atoms with Crippen LogP contribution in [0, 0.1) is 0 Å². The Morgan fingerprint density at radius 1 is 1.05 bits per heavy atom. The summed E-state index contributed by atoms with van der Waals surface area (Å²) in [6.45, 7) is 3.29. The number of hydrogen-bond acceptors (Lipinski definition) is 3. The number of hydrogen-bond donors (Lipinski definition) is 1. The van der Waals surface area contributed by atoms with Crippen molar-refractivity contribution in [3.8, 4) is 5.75 Å². The number of methoxy groups -OCH3 is 1. The number of nitrogens with one attached hydrogen (secondary N) is 1. The van der Waals surface area contributed by atoms with E-state index in [4.69, 9.17) is 4.74 Å². The van der Waals surface area contributed by atoms with Crippen molar-refractivity contribution in [1.29, 1.82) is 0 Å². The highest BCUT2D eigenvalue weighted by atomic mass is 16.5. The van der Waals surface area contributed by atoms with Gasteiger partial charge in [0.25, 0.3) is 0 Å². The van der Waals surface area contributed by atoms with Gasteiger partial charge in [-0.25, -0.2) is 0 Å². The minimum absolute atomic E-state index is 0.710. The van der Waals surface area contributed by atoms with Crippen LogP contribution in [-0.4, -0.2) is 26.2 Å². The summed E-state index contributed by atoms with van der Waals surface area (Å²) in [6, 6.07) is 7.45. The predicted molar refractivity (Wildman–Crippen MR) is 92.8 cm³/mol. The fourth-order valence-corrected chi connectivity index (χ4v) is 3.80. The Labute approximate surface area is 135 Å². The van der Waals surface area contributed by atoms with Crippen LogP contribution in [-0.2, 0) is 6.54 Å². The van der Waals surface area contributed by atoms with Gasteiger partial charge in [-0.15, -0.1) is 0 Å². The molecule has 2 aliphatic rings. The molecule has 1 aromatic carbocycles. The van der Waals surface area contributed by atoms with Gasteiger partial charge in [0.15, 0.2) is 0 Å². The van der Waals surface area contributed by atoms with E-state index in [-0.39, 0.29) is 0 Å². The Morgan fingerprint density at radius 3 is 2.50 bits per heavy atom. The molecule has 3 rings (SSSR count). The molecule has 1 aromatic rings. The summed E-state index contributed by atoms with van der Waals surface area (Å²) in [7, 11) is 1.79. The third kappa shape index (κ3) is 3.95. The van der Waals surface area contributed by atoms with Gasteiger partial charge in [0, 0.05) is 25.7 Å². The van der Waals surface area contributed by atoms with Crippen molar-refractivity contribution >= 4 is 5.69 Å². The van der Waals surface area contributed by atoms with Crippen LogP contribution in [0.2, 0.25) is 0 Å². The highest BCUT2D eigenvalue weighted by Crippen LogP contribution is 2.31. The molecule has 122 valence electrons. The lowest BCUT2D eigenvalue weighted by Crippen LogP contribution is -2.31. The van der Waals surface area contributed by atoms with E-state index in [2.05, 4.69) is 28.4 Å². The molecule has 0 bridgehead atoms. The quantitative estimate of drug-likeness (QED) is 0.886. The number of benzene rings is 1. The molecule has 0 radical (unpaired) electrons. The van der Waals surface area contributed by atoms with Gasteiger partial charge < -0.3 is 15.0 Å². The Balaban J connectivity index is 1.62. The number of anilines is 1. The second kappa shape index (κ2) is 7.87. The molecule has 3 nitrogen and oxygen atoms in total. The van der Waals surface area contributed by atoms with E-state index in [9.17, 15) is 0 Å². The van der Waals surface area contributed by atoms with E-state index in [1.165, 1.54) is 62.6 Å². The second-order valence-corrected chi connectivity index (χ2v) is 6.77. The lowest BCUT2D eigenvalue weighted by atomic mass is 9.95. The minimum Gasteiger partial charge on any atom is -0.495 e. The molecular formula is C19H30N2O. The van der Waals surface area contributed by atoms with Crippen molar-refractivity contribution < 1.29 is 4.74 Å². The molecular weight excluding hydrogens is 272 g/mol. The average molecular weight is 302 g/mol.